The molecule has 2 rings (SSSR count). The number of carbonyl (C=O) groups is 2. The Hall–Kier alpha value is -1.44. The highest BCUT2D eigenvalue weighted by Crippen LogP contribution is 2.14. The van der Waals surface area contributed by atoms with Gasteiger partial charge in [0.25, 0.3) is 5.91 Å². The summed E-state index contributed by atoms with van der Waals surface area (Å²) in [5.74, 6) is -0.183. The lowest BCUT2D eigenvalue weighted by atomic mass is 10.2. The van der Waals surface area contributed by atoms with E-state index in [4.69, 9.17) is 4.74 Å². The number of benzene rings is 1. The van der Waals surface area contributed by atoms with Gasteiger partial charge in [-0.05, 0) is 18.2 Å². The van der Waals surface area contributed by atoms with Gasteiger partial charge >= 0.3 is 0 Å². The number of carbonyl (C=O) groups excluding carboxylic acids is 2. The Labute approximate surface area is 144 Å². The van der Waals surface area contributed by atoms with Gasteiger partial charge in [0.2, 0.25) is 5.91 Å². The smallest absolute Gasteiger partial charge is 0.254 e. The van der Waals surface area contributed by atoms with Crippen LogP contribution in [0.4, 0.5) is 0 Å². The molecule has 0 radical (unpaired) electrons. The molecule has 2 amide bonds. The minimum atomic E-state index is -0.160. The fourth-order valence-electron chi connectivity index (χ4n) is 2.44. The zero-order valence-electron chi connectivity index (χ0n) is 13.3. The number of rotatable bonds is 6. The number of amides is 2. The summed E-state index contributed by atoms with van der Waals surface area (Å²) in [5.41, 5.74) is 0.559. The highest BCUT2D eigenvalue weighted by molar-refractivity contribution is 9.10. The lowest BCUT2D eigenvalue weighted by Gasteiger charge is -2.30. The van der Waals surface area contributed by atoms with Crippen molar-refractivity contribution in [2.75, 3.05) is 53.0 Å². The van der Waals surface area contributed by atoms with Crippen molar-refractivity contribution in [2.24, 2.45) is 0 Å². The van der Waals surface area contributed by atoms with Gasteiger partial charge in [0.15, 0.2) is 0 Å². The van der Waals surface area contributed by atoms with E-state index in [0.29, 0.717) is 31.8 Å². The molecule has 6 nitrogen and oxygen atoms in total. The van der Waals surface area contributed by atoms with E-state index in [1.54, 1.807) is 29.0 Å². The minimum Gasteiger partial charge on any atom is -0.383 e. The molecule has 1 saturated heterocycles. The van der Waals surface area contributed by atoms with Gasteiger partial charge in [-0.15, -0.1) is 0 Å². The number of hydrogen-bond acceptors (Lipinski definition) is 4. The average molecular weight is 384 g/mol. The number of ether oxygens (including phenoxy) is 1. The van der Waals surface area contributed by atoms with E-state index in [0.717, 1.165) is 17.6 Å². The second kappa shape index (κ2) is 9.00. The zero-order chi connectivity index (χ0) is 16.7. The summed E-state index contributed by atoms with van der Waals surface area (Å²) in [5, 5.41) is 3.21. The third-order valence-corrected chi connectivity index (χ3v) is 4.21. The van der Waals surface area contributed by atoms with E-state index in [9.17, 15) is 9.59 Å². The van der Waals surface area contributed by atoms with Crippen LogP contribution in [0.3, 0.4) is 0 Å². The van der Waals surface area contributed by atoms with Crippen molar-refractivity contribution in [1.29, 1.82) is 0 Å². The molecule has 7 heteroatoms. The van der Waals surface area contributed by atoms with Gasteiger partial charge in [-0.1, -0.05) is 22.0 Å². The van der Waals surface area contributed by atoms with Crippen LogP contribution in [0.25, 0.3) is 0 Å². The van der Waals surface area contributed by atoms with Crippen molar-refractivity contribution >= 4 is 27.7 Å². The predicted octanol–water partition coefficient (Wildman–Crippen LogP) is 0.970. The Kier molecular flexibility index (Phi) is 7.01. The number of methoxy groups -OCH3 is 1. The second-order valence-corrected chi connectivity index (χ2v) is 6.28. The lowest BCUT2D eigenvalue weighted by Crippen LogP contribution is -2.50. The standard InChI is InChI=1S/C16H22BrN3O3/c1-23-10-9-20(12-15(21)19-7-5-18-6-8-19)16(22)13-3-2-4-14(17)11-13/h2-4,11,18H,5-10,12H2,1H3. The van der Waals surface area contributed by atoms with Crippen molar-refractivity contribution < 1.29 is 14.3 Å². The molecule has 1 aromatic rings. The van der Waals surface area contributed by atoms with E-state index in [-0.39, 0.29) is 18.4 Å². The van der Waals surface area contributed by atoms with Gasteiger partial charge in [-0.3, -0.25) is 9.59 Å². The van der Waals surface area contributed by atoms with Crippen LogP contribution < -0.4 is 5.32 Å². The Bertz CT molecular complexity index is 547. The van der Waals surface area contributed by atoms with Crippen LogP contribution in [0, 0.1) is 0 Å². The monoisotopic (exact) mass is 383 g/mol. The molecule has 23 heavy (non-hydrogen) atoms. The third-order valence-electron chi connectivity index (χ3n) is 3.72. The number of nitrogens with zero attached hydrogens (tertiary/aromatic N) is 2. The summed E-state index contributed by atoms with van der Waals surface area (Å²) < 4.78 is 5.91. The summed E-state index contributed by atoms with van der Waals surface area (Å²) >= 11 is 3.37. The van der Waals surface area contributed by atoms with Crippen LogP contribution in [0.1, 0.15) is 10.4 Å². The van der Waals surface area contributed by atoms with Gasteiger partial charge in [0.1, 0.15) is 6.54 Å². The molecule has 0 atom stereocenters. The van der Waals surface area contributed by atoms with Crippen LogP contribution in [-0.4, -0.2) is 74.6 Å². The van der Waals surface area contributed by atoms with Crippen LogP contribution in [0.2, 0.25) is 0 Å². The largest absolute Gasteiger partial charge is 0.383 e. The molecule has 0 unspecified atom stereocenters. The van der Waals surface area contributed by atoms with E-state index in [2.05, 4.69) is 21.2 Å². The Morgan fingerprint density at radius 1 is 1.35 bits per heavy atom. The Morgan fingerprint density at radius 3 is 2.74 bits per heavy atom. The summed E-state index contributed by atoms with van der Waals surface area (Å²) in [6.45, 7) is 3.82. The van der Waals surface area contributed by atoms with Crippen LogP contribution in [0.15, 0.2) is 28.7 Å². The van der Waals surface area contributed by atoms with Gasteiger partial charge in [0.05, 0.1) is 6.61 Å². The number of piperazine rings is 1. The summed E-state index contributed by atoms with van der Waals surface area (Å²) in [6, 6.07) is 7.19. The summed E-state index contributed by atoms with van der Waals surface area (Å²) in [7, 11) is 1.58. The SMILES string of the molecule is COCCN(CC(=O)N1CCNCC1)C(=O)c1cccc(Br)c1. The number of nitrogens with one attached hydrogen (secondary N) is 1. The first-order valence-electron chi connectivity index (χ1n) is 7.64. The molecule has 1 heterocycles. The maximum atomic E-state index is 12.7. The molecule has 0 saturated carbocycles. The topological polar surface area (TPSA) is 61.9 Å². The van der Waals surface area contributed by atoms with Crippen LogP contribution in [0.5, 0.6) is 0 Å². The quantitative estimate of drug-likeness (QED) is 0.794. The minimum absolute atomic E-state index is 0.0223. The molecule has 0 bridgehead atoms. The van der Waals surface area contributed by atoms with E-state index in [1.165, 1.54) is 0 Å². The third kappa shape index (κ3) is 5.30. The van der Waals surface area contributed by atoms with Gasteiger partial charge in [0, 0.05) is 49.9 Å². The van der Waals surface area contributed by atoms with Crippen LogP contribution in [-0.2, 0) is 9.53 Å². The molecular weight excluding hydrogens is 362 g/mol. The molecule has 1 fully saturated rings. The van der Waals surface area contributed by atoms with Crippen molar-refractivity contribution in [1.82, 2.24) is 15.1 Å². The number of halogens is 1. The van der Waals surface area contributed by atoms with Crippen molar-refractivity contribution in [3.8, 4) is 0 Å². The first-order chi connectivity index (χ1) is 11.1. The van der Waals surface area contributed by atoms with E-state index >= 15 is 0 Å². The summed E-state index contributed by atoms with van der Waals surface area (Å²) in [6.07, 6.45) is 0. The molecule has 1 aromatic carbocycles. The first-order valence-corrected chi connectivity index (χ1v) is 8.43. The van der Waals surface area contributed by atoms with Crippen molar-refractivity contribution in [3.05, 3.63) is 34.3 Å². The van der Waals surface area contributed by atoms with Gasteiger partial charge < -0.3 is 19.9 Å². The van der Waals surface area contributed by atoms with Crippen LogP contribution >= 0.6 is 15.9 Å². The van der Waals surface area contributed by atoms with Crippen molar-refractivity contribution in [2.45, 2.75) is 0 Å². The van der Waals surface area contributed by atoms with Crippen molar-refractivity contribution in [3.63, 3.8) is 0 Å². The summed E-state index contributed by atoms with van der Waals surface area (Å²) in [4.78, 5) is 28.5. The second-order valence-electron chi connectivity index (χ2n) is 5.36. The molecular formula is C16H22BrN3O3. The van der Waals surface area contributed by atoms with E-state index < -0.39 is 0 Å². The first kappa shape index (κ1) is 17.9. The highest BCUT2D eigenvalue weighted by Gasteiger charge is 2.23. The molecule has 0 aromatic heterocycles. The normalized spacial score (nSPS) is 14.6. The Morgan fingerprint density at radius 2 is 2.09 bits per heavy atom. The predicted molar refractivity (Wildman–Crippen MR) is 91.4 cm³/mol. The fourth-order valence-corrected chi connectivity index (χ4v) is 2.83. The highest BCUT2D eigenvalue weighted by atomic mass is 79.9. The fraction of sp³-hybridized carbons (Fsp3) is 0.500. The Balaban J connectivity index is 2.06. The molecule has 1 aliphatic heterocycles. The van der Waals surface area contributed by atoms with E-state index in [1.807, 2.05) is 12.1 Å². The molecule has 126 valence electrons. The molecule has 0 aliphatic carbocycles. The maximum absolute atomic E-state index is 12.7. The average Bonchev–Trinajstić information content (AvgIpc) is 2.58. The molecule has 0 spiro atoms. The maximum Gasteiger partial charge on any atom is 0.254 e. The van der Waals surface area contributed by atoms with Gasteiger partial charge in [-0.2, -0.15) is 0 Å². The lowest BCUT2D eigenvalue weighted by molar-refractivity contribution is -0.132. The molecule has 1 N–H and O–H groups in total. The molecule has 1 aliphatic rings. The van der Waals surface area contributed by atoms with Gasteiger partial charge in [-0.25, -0.2) is 0 Å². The number of hydrogen-bond donors (Lipinski definition) is 1. The zero-order valence-corrected chi connectivity index (χ0v) is 14.8.